The van der Waals surface area contributed by atoms with Crippen LogP contribution in [0, 0.1) is 0 Å². The van der Waals surface area contributed by atoms with Crippen molar-refractivity contribution in [3.05, 3.63) is 71.3 Å². The molecule has 2 aromatic carbocycles. The van der Waals surface area contributed by atoms with Crippen LogP contribution in [0.4, 0.5) is 0 Å². The van der Waals surface area contributed by atoms with Crippen molar-refractivity contribution in [1.29, 1.82) is 0 Å². The number of Topliss-reactive ketones (excluding diaryl/α,β-unsaturated/α-hetero) is 1. The van der Waals surface area contributed by atoms with E-state index in [9.17, 15) is 4.79 Å². The van der Waals surface area contributed by atoms with E-state index in [4.69, 9.17) is 4.74 Å². The van der Waals surface area contributed by atoms with E-state index < -0.39 is 0 Å². The van der Waals surface area contributed by atoms with Crippen molar-refractivity contribution < 1.29 is 9.53 Å². The highest BCUT2D eigenvalue weighted by molar-refractivity contribution is 6.04. The summed E-state index contributed by atoms with van der Waals surface area (Å²) in [6, 6.07) is 16.1. The van der Waals surface area contributed by atoms with E-state index in [0.29, 0.717) is 17.9 Å². The average Bonchev–Trinajstić information content (AvgIpc) is 2.74. The molecule has 0 amide bonds. The molecule has 1 saturated heterocycles. The molecule has 0 aromatic heterocycles. The molecule has 27 heavy (non-hydrogen) atoms. The molecule has 0 saturated carbocycles. The molecule has 2 unspecified atom stereocenters. The number of ketones is 1. The summed E-state index contributed by atoms with van der Waals surface area (Å²) in [7, 11) is 0. The SMILES string of the molecule is CCOc1ccccc1C(=O)C1c2ccccc2C=CC1N1CCCCC1. The lowest BCUT2D eigenvalue weighted by Crippen LogP contribution is -2.45. The number of rotatable bonds is 5. The second-order valence-corrected chi connectivity index (χ2v) is 7.35. The van der Waals surface area contributed by atoms with Gasteiger partial charge in [-0.3, -0.25) is 9.69 Å². The first-order chi connectivity index (χ1) is 13.3. The maximum atomic E-state index is 13.8. The molecule has 0 bridgehead atoms. The van der Waals surface area contributed by atoms with Crippen LogP contribution in [0.15, 0.2) is 54.6 Å². The predicted octanol–water partition coefficient (Wildman–Crippen LogP) is 4.93. The lowest BCUT2D eigenvalue weighted by Gasteiger charge is -2.39. The molecular formula is C24H27NO2. The van der Waals surface area contributed by atoms with Crippen LogP contribution in [0.3, 0.4) is 0 Å². The number of nitrogens with zero attached hydrogens (tertiary/aromatic N) is 1. The Kier molecular flexibility index (Phi) is 5.40. The summed E-state index contributed by atoms with van der Waals surface area (Å²) < 4.78 is 5.77. The Bertz CT molecular complexity index is 836. The molecule has 140 valence electrons. The Balaban J connectivity index is 1.76. The number of piperidine rings is 1. The molecule has 3 nitrogen and oxygen atoms in total. The van der Waals surface area contributed by atoms with Gasteiger partial charge in [0.25, 0.3) is 0 Å². The van der Waals surface area contributed by atoms with Gasteiger partial charge in [-0.05, 0) is 56.1 Å². The van der Waals surface area contributed by atoms with Crippen molar-refractivity contribution in [3.63, 3.8) is 0 Å². The first-order valence-corrected chi connectivity index (χ1v) is 10.1. The van der Waals surface area contributed by atoms with Crippen molar-refractivity contribution in [2.24, 2.45) is 0 Å². The van der Waals surface area contributed by atoms with Crippen molar-refractivity contribution in [1.82, 2.24) is 4.90 Å². The molecular weight excluding hydrogens is 334 g/mol. The number of ether oxygens (including phenoxy) is 1. The van der Waals surface area contributed by atoms with Crippen LogP contribution < -0.4 is 4.74 Å². The molecule has 0 N–H and O–H groups in total. The van der Waals surface area contributed by atoms with Crippen LogP contribution in [-0.2, 0) is 0 Å². The van der Waals surface area contributed by atoms with E-state index in [0.717, 1.165) is 24.2 Å². The lowest BCUT2D eigenvalue weighted by molar-refractivity contribution is 0.0878. The lowest BCUT2D eigenvalue weighted by atomic mass is 9.77. The van der Waals surface area contributed by atoms with Crippen LogP contribution in [0.5, 0.6) is 5.75 Å². The van der Waals surface area contributed by atoms with Crippen LogP contribution in [0.1, 0.15) is 53.6 Å². The molecule has 1 fully saturated rings. The minimum Gasteiger partial charge on any atom is -0.493 e. The van der Waals surface area contributed by atoms with E-state index >= 15 is 0 Å². The Morgan fingerprint density at radius 2 is 1.78 bits per heavy atom. The highest BCUT2D eigenvalue weighted by Gasteiger charge is 2.37. The number of hydrogen-bond acceptors (Lipinski definition) is 3. The van der Waals surface area contributed by atoms with Gasteiger partial charge in [-0.1, -0.05) is 55.0 Å². The summed E-state index contributed by atoms with van der Waals surface area (Å²) in [6.07, 6.45) is 8.13. The van der Waals surface area contributed by atoms with Gasteiger partial charge >= 0.3 is 0 Å². The van der Waals surface area contributed by atoms with Gasteiger partial charge < -0.3 is 4.74 Å². The average molecular weight is 361 g/mol. The zero-order valence-corrected chi connectivity index (χ0v) is 15.9. The summed E-state index contributed by atoms with van der Waals surface area (Å²) >= 11 is 0. The van der Waals surface area contributed by atoms with Crippen molar-refractivity contribution >= 4 is 11.9 Å². The monoisotopic (exact) mass is 361 g/mol. The van der Waals surface area contributed by atoms with Crippen LogP contribution >= 0.6 is 0 Å². The maximum Gasteiger partial charge on any atom is 0.175 e. The normalized spacial score (nSPS) is 22.3. The highest BCUT2D eigenvalue weighted by atomic mass is 16.5. The predicted molar refractivity (Wildman–Crippen MR) is 109 cm³/mol. The third kappa shape index (κ3) is 3.57. The Hall–Kier alpha value is -2.39. The molecule has 0 radical (unpaired) electrons. The second-order valence-electron chi connectivity index (χ2n) is 7.35. The molecule has 3 heteroatoms. The molecule has 2 atom stereocenters. The first-order valence-electron chi connectivity index (χ1n) is 10.1. The number of carbonyl (C=O) groups excluding carboxylic acids is 1. The van der Waals surface area contributed by atoms with Gasteiger partial charge in [-0.25, -0.2) is 0 Å². The number of likely N-dealkylation sites (tertiary alicyclic amines) is 1. The van der Waals surface area contributed by atoms with Crippen molar-refractivity contribution in [3.8, 4) is 5.75 Å². The number of carbonyl (C=O) groups is 1. The summed E-state index contributed by atoms with van der Waals surface area (Å²) in [5.74, 6) is 0.659. The van der Waals surface area contributed by atoms with E-state index in [1.54, 1.807) is 0 Å². The first kappa shape index (κ1) is 18.0. The number of fused-ring (bicyclic) bond motifs is 1. The molecule has 2 aromatic rings. The third-order valence-electron chi connectivity index (χ3n) is 5.69. The fraction of sp³-hybridized carbons (Fsp3) is 0.375. The third-order valence-corrected chi connectivity index (χ3v) is 5.69. The topological polar surface area (TPSA) is 29.5 Å². The van der Waals surface area contributed by atoms with Gasteiger partial charge in [-0.15, -0.1) is 0 Å². The fourth-order valence-electron chi connectivity index (χ4n) is 4.41. The number of benzene rings is 2. The molecule has 1 aliphatic heterocycles. The largest absolute Gasteiger partial charge is 0.493 e. The van der Waals surface area contributed by atoms with Gasteiger partial charge in [-0.2, -0.15) is 0 Å². The molecule has 1 aliphatic carbocycles. The maximum absolute atomic E-state index is 13.8. The summed E-state index contributed by atoms with van der Waals surface area (Å²) in [5.41, 5.74) is 2.97. The molecule has 2 aliphatic rings. The standard InChI is InChI=1S/C24H27NO2/c1-2-27-22-13-7-6-12-20(22)24(26)23-19-11-5-4-10-18(19)14-15-21(23)25-16-8-3-9-17-25/h4-7,10-15,21,23H,2-3,8-9,16-17H2,1H3. The van der Waals surface area contributed by atoms with E-state index in [-0.39, 0.29) is 17.7 Å². The van der Waals surface area contributed by atoms with Crippen molar-refractivity contribution in [2.75, 3.05) is 19.7 Å². The van der Waals surface area contributed by atoms with Gasteiger partial charge in [0.1, 0.15) is 5.75 Å². The van der Waals surface area contributed by atoms with Gasteiger partial charge in [0.2, 0.25) is 0 Å². The molecule has 1 heterocycles. The zero-order valence-electron chi connectivity index (χ0n) is 15.9. The van der Waals surface area contributed by atoms with Crippen LogP contribution in [-0.4, -0.2) is 36.4 Å². The second kappa shape index (κ2) is 8.10. The Labute approximate surface area is 161 Å². The van der Waals surface area contributed by atoms with Crippen LogP contribution in [0.25, 0.3) is 6.08 Å². The van der Waals surface area contributed by atoms with E-state index in [1.165, 1.54) is 19.3 Å². The smallest absolute Gasteiger partial charge is 0.175 e. The van der Waals surface area contributed by atoms with E-state index in [1.807, 2.05) is 43.3 Å². The number of hydrogen-bond donors (Lipinski definition) is 0. The van der Waals surface area contributed by atoms with Gasteiger partial charge in [0.15, 0.2) is 5.78 Å². The minimum absolute atomic E-state index is 0.113. The Morgan fingerprint density at radius 1 is 1.04 bits per heavy atom. The number of para-hydroxylation sites is 1. The summed E-state index contributed by atoms with van der Waals surface area (Å²) in [6.45, 7) is 4.64. The summed E-state index contributed by atoms with van der Waals surface area (Å²) in [4.78, 5) is 16.3. The highest BCUT2D eigenvalue weighted by Crippen LogP contribution is 2.38. The van der Waals surface area contributed by atoms with Crippen molar-refractivity contribution in [2.45, 2.75) is 38.1 Å². The van der Waals surface area contributed by atoms with Gasteiger partial charge in [0, 0.05) is 6.04 Å². The molecule has 4 rings (SSSR count). The Morgan fingerprint density at radius 3 is 2.59 bits per heavy atom. The summed E-state index contributed by atoms with van der Waals surface area (Å²) in [5, 5.41) is 0. The minimum atomic E-state index is -0.189. The fourth-order valence-corrected chi connectivity index (χ4v) is 4.41. The van der Waals surface area contributed by atoms with Gasteiger partial charge in [0.05, 0.1) is 18.1 Å². The van der Waals surface area contributed by atoms with Crippen LogP contribution in [0.2, 0.25) is 0 Å². The van der Waals surface area contributed by atoms with E-state index in [2.05, 4.69) is 29.2 Å². The molecule has 0 spiro atoms. The quantitative estimate of drug-likeness (QED) is 0.707. The zero-order chi connectivity index (χ0) is 18.6.